The highest BCUT2D eigenvalue weighted by molar-refractivity contribution is 9.10. The number of hydrogen-bond acceptors (Lipinski definition) is 2. The molecule has 0 aliphatic heterocycles. The molecule has 0 heterocycles. The zero-order chi connectivity index (χ0) is 13.0. The Kier molecular flexibility index (Phi) is 4.96. The molecule has 1 aromatic carbocycles. The fraction of sp³-hybridized carbons (Fsp3) is 0.273. The number of halogens is 2. The lowest BCUT2D eigenvalue weighted by atomic mass is 10.1. The fourth-order valence-electron chi connectivity index (χ4n) is 1.22. The molecular formula is C11H11BrClNO3. The Balaban J connectivity index is 2.82. The van der Waals surface area contributed by atoms with Crippen molar-refractivity contribution in [2.45, 2.75) is 19.4 Å². The maximum atomic E-state index is 11.7. The number of carboxylic acids is 1. The van der Waals surface area contributed by atoms with Gasteiger partial charge in [0.25, 0.3) is 5.91 Å². The Morgan fingerprint density at radius 1 is 1.53 bits per heavy atom. The molecule has 1 rings (SSSR count). The van der Waals surface area contributed by atoms with Crippen LogP contribution < -0.4 is 5.32 Å². The van der Waals surface area contributed by atoms with E-state index in [4.69, 9.17) is 16.7 Å². The van der Waals surface area contributed by atoms with Crippen molar-refractivity contribution in [3.05, 3.63) is 33.3 Å². The molecule has 92 valence electrons. The topological polar surface area (TPSA) is 66.4 Å². The zero-order valence-electron chi connectivity index (χ0n) is 9.04. The highest BCUT2D eigenvalue weighted by Gasteiger charge is 2.18. The Hall–Kier alpha value is -1.07. The molecule has 0 saturated carbocycles. The van der Waals surface area contributed by atoms with Crippen LogP contribution in [-0.4, -0.2) is 23.0 Å². The van der Waals surface area contributed by atoms with E-state index in [0.717, 1.165) is 0 Å². The number of hydrogen-bond donors (Lipinski definition) is 2. The molecule has 17 heavy (non-hydrogen) atoms. The second kappa shape index (κ2) is 6.02. The summed E-state index contributed by atoms with van der Waals surface area (Å²) >= 11 is 8.99. The average molecular weight is 321 g/mol. The van der Waals surface area contributed by atoms with Crippen molar-refractivity contribution < 1.29 is 14.7 Å². The van der Waals surface area contributed by atoms with Gasteiger partial charge in [0.2, 0.25) is 0 Å². The molecule has 0 saturated heterocycles. The Morgan fingerprint density at radius 3 is 2.65 bits per heavy atom. The summed E-state index contributed by atoms with van der Waals surface area (Å²) in [6.45, 7) is 1.69. The number of aliphatic carboxylic acids is 1. The first-order valence-electron chi connectivity index (χ1n) is 4.94. The molecule has 0 spiro atoms. The second-order valence-corrected chi connectivity index (χ2v) is 4.66. The SMILES string of the molecule is CCC(NC(=O)c1ccc(Cl)c(Br)c1)C(=O)O. The lowest BCUT2D eigenvalue weighted by Gasteiger charge is -2.12. The van der Waals surface area contributed by atoms with Crippen LogP contribution in [0.4, 0.5) is 0 Å². The third kappa shape index (κ3) is 3.71. The van der Waals surface area contributed by atoms with Crippen molar-refractivity contribution >= 4 is 39.4 Å². The van der Waals surface area contributed by atoms with Gasteiger partial charge in [-0.2, -0.15) is 0 Å². The van der Waals surface area contributed by atoms with E-state index in [1.165, 1.54) is 6.07 Å². The van der Waals surface area contributed by atoms with Gasteiger partial charge in [0, 0.05) is 10.0 Å². The third-order valence-corrected chi connectivity index (χ3v) is 3.41. The van der Waals surface area contributed by atoms with Crippen molar-refractivity contribution in [2.75, 3.05) is 0 Å². The van der Waals surface area contributed by atoms with Gasteiger partial charge in [-0.05, 0) is 40.5 Å². The third-order valence-electron chi connectivity index (χ3n) is 2.19. The molecule has 0 bridgehead atoms. The van der Waals surface area contributed by atoms with E-state index in [9.17, 15) is 9.59 Å². The lowest BCUT2D eigenvalue weighted by molar-refractivity contribution is -0.139. The van der Waals surface area contributed by atoms with E-state index < -0.39 is 17.9 Å². The highest BCUT2D eigenvalue weighted by atomic mass is 79.9. The largest absolute Gasteiger partial charge is 0.480 e. The lowest BCUT2D eigenvalue weighted by Crippen LogP contribution is -2.40. The van der Waals surface area contributed by atoms with Crippen LogP contribution in [0.1, 0.15) is 23.7 Å². The van der Waals surface area contributed by atoms with Crippen molar-refractivity contribution in [3.63, 3.8) is 0 Å². The van der Waals surface area contributed by atoms with Crippen molar-refractivity contribution in [1.82, 2.24) is 5.32 Å². The van der Waals surface area contributed by atoms with E-state index in [0.29, 0.717) is 21.5 Å². The minimum absolute atomic E-state index is 0.329. The van der Waals surface area contributed by atoms with Crippen LogP contribution in [0.15, 0.2) is 22.7 Å². The van der Waals surface area contributed by atoms with Crippen molar-refractivity contribution in [2.24, 2.45) is 0 Å². The molecule has 0 fully saturated rings. The van der Waals surface area contributed by atoms with Crippen LogP contribution in [0.5, 0.6) is 0 Å². The molecule has 0 aromatic heterocycles. The van der Waals surface area contributed by atoms with Crippen LogP contribution >= 0.6 is 27.5 Å². The normalized spacial score (nSPS) is 11.9. The monoisotopic (exact) mass is 319 g/mol. The van der Waals surface area contributed by atoms with Crippen LogP contribution in [0.3, 0.4) is 0 Å². The summed E-state index contributed by atoms with van der Waals surface area (Å²) in [5.74, 6) is -1.48. The number of rotatable bonds is 4. The summed E-state index contributed by atoms with van der Waals surface area (Å²) in [6, 6.07) is 3.78. The van der Waals surface area contributed by atoms with Gasteiger partial charge in [-0.15, -0.1) is 0 Å². The van der Waals surface area contributed by atoms with E-state index in [1.807, 2.05) is 0 Å². The maximum absolute atomic E-state index is 11.7. The molecule has 1 unspecified atom stereocenters. The number of carboxylic acid groups (broad SMARTS) is 1. The van der Waals surface area contributed by atoms with Gasteiger partial charge in [0.15, 0.2) is 0 Å². The molecule has 1 aromatic rings. The van der Waals surface area contributed by atoms with E-state index in [1.54, 1.807) is 19.1 Å². The first-order chi connectivity index (χ1) is 7.95. The van der Waals surface area contributed by atoms with Gasteiger partial charge in [-0.3, -0.25) is 4.79 Å². The summed E-state index contributed by atoms with van der Waals surface area (Å²) in [6.07, 6.45) is 0.329. The maximum Gasteiger partial charge on any atom is 0.326 e. The Labute approximate surface area is 112 Å². The van der Waals surface area contributed by atoms with Crippen LogP contribution in [-0.2, 0) is 4.79 Å². The Morgan fingerprint density at radius 2 is 2.18 bits per heavy atom. The van der Waals surface area contributed by atoms with Crippen LogP contribution in [0.2, 0.25) is 5.02 Å². The highest BCUT2D eigenvalue weighted by Crippen LogP contribution is 2.23. The number of benzene rings is 1. The van der Waals surface area contributed by atoms with Gasteiger partial charge >= 0.3 is 5.97 Å². The molecule has 1 amide bonds. The molecule has 0 aliphatic rings. The molecule has 4 nitrogen and oxygen atoms in total. The summed E-state index contributed by atoms with van der Waals surface area (Å²) < 4.78 is 0.593. The van der Waals surface area contributed by atoms with Crippen molar-refractivity contribution in [1.29, 1.82) is 0 Å². The summed E-state index contributed by atoms with van der Waals surface area (Å²) in [5.41, 5.74) is 0.362. The van der Waals surface area contributed by atoms with Gasteiger partial charge < -0.3 is 10.4 Å². The summed E-state index contributed by atoms with van der Waals surface area (Å²) in [7, 11) is 0. The van der Waals surface area contributed by atoms with E-state index in [2.05, 4.69) is 21.2 Å². The molecule has 6 heteroatoms. The minimum Gasteiger partial charge on any atom is -0.480 e. The quantitative estimate of drug-likeness (QED) is 0.896. The predicted molar refractivity (Wildman–Crippen MR) is 68.3 cm³/mol. The minimum atomic E-state index is -1.05. The molecule has 1 atom stereocenters. The fourth-order valence-corrected chi connectivity index (χ4v) is 1.71. The van der Waals surface area contributed by atoms with Gasteiger partial charge in [0.1, 0.15) is 6.04 Å². The average Bonchev–Trinajstić information content (AvgIpc) is 2.28. The number of nitrogens with one attached hydrogen (secondary N) is 1. The molecular weight excluding hydrogens is 309 g/mol. The van der Waals surface area contributed by atoms with E-state index >= 15 is 0 Å². The van der Waals surface area contributed by atoms with Gasteiger partial charge in [0.05, 0.1) is 5.02 Å². The zero-order valence-corrected chi connectivity index (χ0v) is 11.4. The first-order valence-corrected chi connectivity index (χ1v) is 6.11. The van der Waals surface area contributed by atoms with Gasteiger partial charge in [-0.25, -0.2) is 4.79 Å². The standard InChI is InChI=1S/C11H11BrClNO3/c1-2-9(11(16)17)14-10(15)6-3-4-8(13)7(12)5-6/h3-5,9H,2H2,1H3,(H,14,15)(H,16,17). The molecule has 2 N–H and O–H groups in total. The van der Waals surface area contributed by atoms with Crippen molar-refractivity contribution in [3.8, 4) is 0 Å². The molecule has 0 radical (unpaired) electrons. The number of carbonyl (C=O) groups excluding carboxylic acids is 1. The number of carbonyl (C=O) groups is 2. The molecule has 0 aliphatic carbocycles. The smallest absolute Gasteiger partial charge is 0.326 e. The Bertz CT molecular complexity index is 450. The first kappa shape index (κ1) is 14.0. The second-order valence-electron chi connectivity index (χ2n) is 3.40. The summed E-state index contributed by atoms with van der Waals surface area (Å²) in [4.78, 5) is 22.5. The summed E-state index contributed by atoms with van der Waals surface area (Å²) in [5, 5.41) is 11.7. The van der Waals surface area contributed by atoms with E-state index in [-0.39, 0.29) is 0 Å². The van der Waals surface area contributed by atoms with Gasteiger partial charge in [-0.1, -0.05) is 18.5 Å². The van der Waals surface area contributed by atoms with Crippen LogP contribution in [0, 0.1) is 0 Å². The predicted octanol–water partition coefficient (Wildman–Crippen LogP) is 2.70. The van der Waals surface area contributed by atoms with Crippen LogP contribution in [0.25, 0.3) is 0 Å². The number of amides is 1.